The third kappa shape index (κ3) is 4.38. The van der Waals surface area contributed by atoms with Gasteiger partial charge in [-0.25, -0.2) is 19.3 Å². The topological polar surface area (TPSA) is 109 Å². The van der Waals surface area contributed by atoms with E-state index in [0.717, 1.165) is 23.3 Å². The maximum Gasteiger partial charge on any atom is 0.162 e. The summed E-state index contributed by atoms with van der Waals surface area (Å²) in [6.07, 6.45) is 5.07. The first-order valence-electron chi connectivity index (χ1n) is 11.7. The Hall–Kier alpha value is -4.70. The second kappa shape index (κ2) is 9.40. The highest BCUT2D eigenvalue weighted by molar-refractivity contribution is 5.95. The first-order chi connectivity index (χ1) is 18.1. The Morgan fingerprint density at radius 2 is 1.86 bits per heavy atom. The second-order valence-corrected chi connectivity index (χ2v) is 8.85. The van der Waals surface area contributed by atoms with Crippen molar-refractivity contribution < 1.29 is 9.13 Å². The highest BCUT2D eigenvalue weighted by atomic mass is 19.1. The molecule has 0 saturated carbocycles. The molecule has 0 aliphatic heterocycles. The molecule has 6 rings (SSSR count). The van der Waals surface area contributed by atoms with Crippen LogP contribution in [0.5, 0.6) is 5.75 Å². The third-order valence-corrected chi connectivity index (χ3v) is 6.00. The zero-order valence-corrected chi connectivity index (χ0v) is 20.2. The van der Waals surface area contributed by atoms with Crippen LogP contribution in [0, 0.1) is 5.82 Å². The summed E-state index contributed by atoms with van der Waals surface area (Å²) in [7, 11) is 4.00. The van der Waals surface area contributed by atoms with E-state index in [0.29, 0.717) is 51.7 Å². The molecular formula is C27H23FN8O. The van der Waals surface area contributed by atoms with Gasteiger partial charge in [-0.1, -0.05) is 18.2 Å². The van der Waals surface area contributed by atoms with Gasteiger partial charge in [0.05, 0.1) is 17.4 Å². The van der Waals surface area contributed by atoms with Crippen molar-refractivity contribution in [3.8, 4) is 39.7 Å². The van der Waals surface area contributed by atoms with Gasteiger partial charge in [0.25, 0.3) is 0 Å². The first-order valence-corrected chi connectivity index (χ1v) is 11.7. The van der Waals surface area contributed by atoms with Crippen molar-refractivity contribution in [2.24, 2.45) is 0 Å². The number of aromatic nitrogens is 7. The molecule has 0 aliphatic rings. The molecule has 5 aromatic heterocycles. The molecule has 0 fully saturated rings. The van der Waals surface area contributed by atoms with Gasteiger partial charge in [0.15, 0.2) is 17.2 Å². The smallest absolute Gasteiger partial charge is 0.162 e. The van der Waals surface area contributed by atoms with Crippen LogP contribution in [0.2, 0.25) is 0 Å². The van der Waals surface area contributed by atoms with Crippen LogP contribution in [0.3, 0.4) is 0 Å². The number of benzene rings is 1. The highest BCUT2D eigenvalue weighted by Crippen LogP contribution is 2.32. The van der Waals surface area contributed by atoms with Crippen LogP contribution >= 0.6 is 0 Å². The predicted octanol–water partition coefficient (Wildman–Crippen LogP) is 4.70. The lowest BCUT2D eigenvalue weighted by Gasteiger charge is -2.11. The van der Waals surface area contributed by atoms with Crippen LogP contribution in [-0.4, -0.2) is 67.3 Å². The van der Waals surface area contributed by atoms with Crippen LogP contribution in [0.4, 0.5) is 4.39 Å². The molecule has 0 spiro atoms. The lowest BCUT2D eigenvalue weighted by Crippen LogP contribution is -2.19. The van der Waals surface area contributed by atoms with Gasteiger partial charge in [0, 0.05) is 35.6 Å². The van der Waals surface area contributed by atoms with E-state index in [1.54, 1.807) is 42.9 Å². The SMILES string of the molecule is CN(C)CCOc1cncc(-c2ccc3[nH]nc(-c4nc5c(-c6ccccc6F)ccnc5[nH]4)c3n2)c1. The summed E-state index contributed by atoms with van der Waals surface area (Å²) < 4.78 is 20.4. The number of likely N-dealkylation sites (N-methyl/N-ethyl adjacent to an activating group) is 1. The molecule has 0 aliphatic carbocycles. The molecule has 9 nitrogen and oxygen atoms in total. The second-order valence-electron chi connectivity index (χ2n) is 8.85. The number of nitrogens with one attached hydrogen (secondary N) is 2. The summed E-state index contributed by atoms with van der Waals surface area (Å²) in [5, 5.41) is 7.48. The van der Waals surface area contributed by atoms with Crippen LogP contribution in [0.1, 0.15) is 0 Å². The minimum Gasteiger partial charge on any atom is -0.491 e. The molecule has 0 amide bonds. The molecule has 10 heteroatoms. The van der Waals surface area contributed by atoms with E-state index >= 15 is 0 Å². The van der Waals surface area contributed by atoms with Crippen molar-refractivity contribution in [3.05, 3.63) is 72.9 Å². The molecule has 5 heterocycles. The molecule has 184 valence electrons. The van der Waals surface area contributed by atoms with Crippen molar-refractivity contribution in [2.75, 3.05) is 27.2 Å². The number of nitrogens with zero attached hydrogens (tertiary/aromatic N) is 6. The summed E-state index contributed by atoms with van der Waals surface area (Å²) in [5.41, 5.74) is 5.69. The summed E-state index contributed by atoms with van der Waals surface area (Å²) in [5.74, 6) is 0.844. The van der Waals surface area contributed by atoms with Crippen molar-refractivity contribution in [1.82, 2.24) is 40.0 Å². The summed E-state index contributed by atoms with van der Waals surface area (Å²) >= 11 is 0. The standard InChI is InChI=1S/C27H23FN8O/c1-36(2)11-12-37-17-13-16(14-29-15-17)21-7-8-22-24(31-21)25(35-34-22)27-32-23-19(9-10-30-26(23)33-27)18-5-3-4-6-20(18)28/h3-10,13-15H,11-12H2,1-2H3,(H,34,35)(H,30,32,33). The molecule has 0 unspecified atom stereocenters. The zero-order chi connectivity index (χ0) is 25.4. The maximum absolute atomic E-state index is 14.5. The van der Waals surface area contributed by atoms with E-state index in [-0.39, 0.29) is 5.82 Å². The Labute approximate surface area is 211 Å². The van der Waals surface area contributed by atoms with Crippen molar-refractivity contribution in [2.45, 2.75) is 0 Å². The lowest BCUT2D eigenvalue weighted by atomic mass is 10.1. The molecule has 0 atom stereocenters. The summed E-state index contributed by atoms with van der Waals surface area (Å²) in [6, 6.07) is 14.1. The molecule has 2 N–H and O–H groups in total. The number of halogens is 1. The van der Waals surface area contributed by atoms with E-state index in [1.165, 1.54) is 6.07 Å². The Morgan fingerprint density at radius 1 is 0.973 bits per heavy atom. The number of rotatable bonds is 7. The largest absolute Gasteiger partial charge is 0.491 e. The predicted molar refractivity (Wildman–Crippen MR) is 139 cm³/mol. The minimum atomic E-state index is -0.322. The monoisotopic (exact) mass is 494 g/mol. The van der Waals surface area contributed by atoms with Gasteiger partial charge in [-0.05, 0) is 44.4 Å². The Morgan fingerprint density at radius 3 is 2.73 bits per heavy atom. The molecule has 37 heavy (non-hydrogen) atoms. The number of fused-ring (bicyclic) bond motifs is 2. The van der Waals surface area contributed by atoms with E-state index in [2.05, 4.69) is 30.0 Å². The number of pyridine rings is 3. The van der Waals surface area contributed by atoms with Gasteiger partial charge in [-0.2, -0.15) is 5.10 Å². The van der Waals surface area contributed by atoms with Crippen molar-refractivity contribution in [1.29, 1.82) is 0 Å². The molecule has 1 aromatic carbocycles. The van der Waals surface area contributed by atoms with Crippen LogP contribution < -0.4 is 4.74 Å². The molecule has 6 aromatic rings. The van der Waals surface area contributed by atoms with Gasteiger partial charge in [0.2, 0.25) is 0 Å². The van der Waals surface area contributed by atoms with Crippen molar-refractivity contribution in [3.63, 3.8) is 0 Å². The fourth-order valence-corrected chi connectivity index (χ4v) is 4.13. The van der Waals surface area contributed by atoms with Crippen LogP contribution in [-0.2, 0) is 0 Å². The fourth-order valence-electron chi connectivity index (χ4n) is 4.13. The fraction of sp³-hybridized carbons (Fsp3) is 0.148. The average molecular weight is 495 g/mol. The quantitative estimate of drug-likeness (QED) is 0.331. The third-order valence-electron chi connectivity index (χ3n) is 6.00. The maximum atomic E-state index is 14.5. The van der Waals surface area contributed by atoms with Gasteiger partial charge in [-0.3, -0.25) is 10.1 Å². The van der Waals surface area contributed by atoms with Gasteiger partial charge in [-0.15, -0.1) is 0 Å². The molecule has 0 bridgehead atoms. The van der Waals surface area contributed by atoms with Gasteiger partial charge < -0.3 is 14.6 Å². The number of aromatic amines is 2. The number of imidazole rings is 1. The summed E-state index contributed by atoms with van der Waals surface area (Å²) in [4.78, 5) is 23.6. The number of hydrogen-bond donors (Lipinski definition) is 2. The van der Waals surface area contributed by atoms with Crippen LogP contribution in [0.15, 0.2) is 67.1 Å². The lowest BCUT2D eigenvalue weighted by molar-refractivity contribution is 0.261. The number of H-pyrrole nitrogens is 2. The van der Waals surface area contributed by atoms with E-state index < -0.39 is 0 Å². The first kappa shape index (κ1) is 22.7. The molecule has 0 saturated heterocycles. The van der Waals surface area contributed by atoms with E-state index in [9.17, 15) is 4.39 Å². The zero-order valence-electron chi connectivity index (χ0n) is 20.2. The Kier molecular flexibility index (Phi) is 5.78. The normalized spacial score (nSPS) is 11.6. The van der Waals surface area contributed by atoms with Gasteiger partial charge >= 0.3 is 0 Å². The Balaban J connectivity index is 1.39. The van der Waals surface area contributed by atoms with Crippen molar-refractivity contribution >= 4 is 22.2 Å². The average Bonchev–Trinajstić information content (AvgIpc) is 3.52. The van der Waals surface area contributed by atoms with E-state index in [4.69, 9.17) is 14.7 Å². The Bertz CT molecular complexity index is 1720. The number of hydrogen-bond acceptors (Lipinski definition) is 7. The van der Waals surface area contributed by atoms with Crippen LogP contribution in [0.25, 0.3) is 56.1 Å². The number of ether oxygens (including phenoxy) is 1. The highest BCUT2D eigenvalue weighted by Gasteiger charge is 2.18. The molecule has 0 radical (unpaired) electrons. The minimum absolute atomic E-state index is 0.322. The molecular weight excluding hydrogens is 471 g/mol. The summed E-state index contributed by atoms with van der Waals surface area (Å²) in [6.45, 7) is 1.36. The van der Waals surface area contributed by atoms with E-state index in [1.807, 2.05) is 32.3 Å². The van der Waals surface area contributed by atoms with Gasteiger partial charge in [0.1, 0.15) is 29.2 Å².